The summed E-state index contributed by atoms with van der Waals surface area (Å²) >= 11 is 0. The van der Waals surface area contributed by atoms with E-state index in [0.29, 0.717) is 5.56 Å². The van der Waals surface area contributed by atoms with E-state index in [2.05, 4.69) is 10.6 Å². The van der Waals surface area contributed by atoms with E-state index in [1.54, 1.807) is 0 Å². The second kappa shape index (κ2) is 5.75. The van der Waals surface area contributed by atoms with E-state index in [4.69, 9.17) is 5.11 Å². The zero-order valence-electron chi connectivity index (χ0n) is 12.9. The van der Waals surface area contributed by atoms with Gasteiger partial charge in [0.2, 0.25) is 0 Å². The highest BCUT2D eigenvalue weighted by Gasteiger charge is 2.62. The molecule has 0 spiro atoms. The zero-order valence-corrected chi connectivity index (χ0v) is 12.9. The molecule has 2 aliphatic rings. The Morgan fingerprint density at radius 1 is 1.24 bits per heavy atom. The van der Waals surface area contributed by atoms with Crippen molar-refractivity contribution < 1.29 is 32.7 Å². The molecule has 1 aliphatic carbocycles. The maximum atomic E-state index is 12.6. The van der Waals surface area contributed by atoms with E-state index < -0.39 is 47.0 Å². The van der Waals surface area contributed by atoms with Crippen LogP contribution < -0.4 is 10.6 Å². The molecular formula is C16H15F3N2O4. The molecule has 6 nitrogen and oxygen atoms in total. The Hall–Kier alpha value is -2.58. The summed E-state index contributed by atoms with van der Waals surface area (Å²) in [7, 11) is 0. The number of aryl methyl sites for hydroxylation is 1. The van der Waals surface area contributed by atoms with Gasteiger partial charge in [0.05, 0.1) is 11.5 Å². The third kappa shape index (κ3) is 3.18. The predicted octanol–water partition coefficient (Wildman–Crippen LogP) is 1.94. The number of benzene rings is 1. The van der Waals surface area contributed by atoms with Gasteiger partial charge in [0.1, 0.15) is 5.54 Å². The highest BCUT2D eigenvalue weighted by atomic mass is 19.4. The van der Waals surface area contributed by atoms with Crippen LogP contribution in [-0.4, -0.2) is 28.6 Å². The number of nitrogens with one attached hydrogen (secondary N) is 2. The van der Waals surface area contributed by atoms with Crippen LogP contribution in [0.15, 0.2) is 24.3 Å². The Morgan fingerprint density at radius 3 is 2.32 bits per heavy atom. The molecule has 3 atom stereocenters. The first kappa shape index (κ1) is 17.2. The van der Waals surface area contributed by atoms with E-state index in [-0.39, 0.29) is 19.3 Å². The molecule has 1 aromatic rings. The number of carboxylic acid groups (broad SMARTS) is 1. The molecule has 1 saturated carbocycles. The molecule has 0 bridgehead atoms. The van der Waals surface area contributed by atoms with Gasteiger partial charge in [-0.05, 0) is 37.0 Å². The maximum absolute atomic E-state index is 12.6. The zero-order chi connectivity index (χ0) is 18.4. The number of amides is 3. The monoisotopic (exact) mass is 356 g/mol. The molecule has 2 fully saturated rings. The van der Waals surface area contributed by atoms with Crippen molar-refractivity contribution in [2.75, 3.05) is 0 Å². The number of carboxylic acids is 1. The predicted molar refractivity (Wildman–Crippen MR) is 78.4 cm³/mol. The van der Waals surface area contributed by atoms with Gasteiger partial charge >= 0.3 is 18.2 Å². The number of imide groups is 1. The maximum Gasteiger partial charge on any atom is 0.416 e. The summed E-state index contributed by atoms with van der Waals surface area (Å²) in [5, 5.41) is 13.7. The van der Waals surface area contributed by atoms with Crippen LogP contribution >= 0.6 is 0 Å². The van der Waals surface area contributed by atoms with Crippen molar-refractivity contribution in [3.63, 3.8) is 0 Å². The van der Waals surface area contributed by atoms with Crippen LogP contribution in [0.1, 0.15) is 24.0 Å². The van der Waals surface area contributed by atoms with Crippen molar-refractivity contribution in [2.24, 2.45) is 11.8 Å². The first-order valence-corrected chi connectivity index (χ1v) is 7.66. The minimum Gasteiger partial charge on any atom is -0.481 e. The Morgan fingerprint density at radius 2 is 1.88 bits per heavy atom. The number of rotatable bonds is 5. The summed E-state index contributed by atoms with van der Waals surface area (Å²) in [4.78, 5) is 34.9. The molecule has 1 saturated heterocycles. The van der Waals surface area contributed by atoms with Gasteiger partial charge in [0.25, 0.3) is 5.91 Å². The Labute approximate surface area is 140 Å². The highest BCUT2D eigenvalue weighted by molar-refractivity contribution is 6.07. The summed E-state index contributed by atoms with van der Waals surface area (Å²) in [5.41, 5.74) is -1.54. The number of hydrogen-bond acceptors (Lipinski definition) is 3. The standard InChI is InChI=1S/C16H15F3N2O4/c17-16(18,19)9-3-1-8(2-4-9)5-6-15(11-7-10(11)12(22)23)13(24)20-14(25)21-15/h1-4,10-11H,5-7H2,(H,22,23)(H2,20,21,24,25)/t10-,11-,15?/m0/s1. The van der Waals surface area contributed by atoms with Crippen LogP contribution in [-0.2, 0) is 22.2 Å². The summed E-state index contributed by atoms with van der Waals surface area (Å²) in [5.74, 6) is -2.85. The van der Waals surface area contributed by atoms with Crippen LogP contribution in [0.2, 0.25) is 0 Å². The van der Waals surface area contributed by atoms with Gasteiger partial charge < -0.3 is 10.4 Å². The smallest absolute Gasteiger partial charge is 0.416 e. The van der Waals surface area contributed by atoms with Crippen LogP contribution in [0.3, 0.4) is 0 Å². The largest absolute Gasteiger partial charge is 0.481 e. The van der Waals surface area contributed by atoms with E-state index in [1.807, 2.05) is 0 Å². The Kier molecular flexibility index (Phi) is 3.97. The first-order valence-electron chi connectivity index (χ1n) is 7.66. The average Bonchev–Trinajstić information content (AvgIpc) is 3.27. The SMILES string of the molecule is O=C1NC(=O)C(CCc2ccc(C(F)(F)F)cc2)([C@H]2C[C@@H]2C(=O)O)N1. The lowest BCUT2D eigenvalue weighted by atomic mass is 9.85. The van der Waals surface area contributed by atoms with E-state index in [1.165, 1.54) is 12.1 Å². The molecule has 1 aliphatic heterocycles. The lowest BCUT2D eigenvalue weighted by molar-refractivity contribution is -0.139. The Balaban J connectivity index is 1.75. The summed E-state index contributed by atoms with van der Waals surface area (Å²) in [6.45, 7) is 0. The van der Waals surface area contributed by atoms with E-state index in [0.717, 1.165) is 12.1 Å². The number of carbonyl (C=O) groups excluding carboxylic acids is 2. The summed E-state index contributed by atoms with van der Waals surface area (Å²) in [6, 6.07) is 3.84. The molecule has 0 aromatic heterocycles. The number of carbonyl (C=O) groups is 3. The normalized spacial score (nSPS) is 28.4. The second-order valence-electron chi connectivity index (χ2n) is 6.36. The van der Waals surface area contributed by atoms with Gasteiger partial charge in [-0.3, -0.25) is 14.9 Å². The molecule has 3 amide bonds. The van der Waals surface area contributed by atoms with Crippen LogP contribution in [0.4, 0.5) is 18.0 Å². The van der Waals surface area contributed by atoms with Gasteiger partial charge in [0, 0.05) is 5.92 Å². The Bertz CT molecular complexity index is 732. The van der Waals surface area contributed by atoms with Crippen molar-refractivity contribution in [3.8, 4) is 0 Å². The fraction of sp³-hybridized carbons (Fsp3) is 0.438. The summed E-state index contributed by atoms with van der Waals surface area (Å²) < 4.78 is 37.7. The lowest BCUT2D eigenvalue weighted by Crippen LogP contribution is -2.50. The van der Waals surface area contributed by atoms with Gasteiger partial charge in [-0.2, -0.15) is 13.2 Å². The molecule has 3 N–H and O–H groups in total. The van der Waals surface area contributed by atoms with Crippen LogP contribution in [0, 0.1) is 11.8 Å². The fourth-order valence-electron chi connectivity index (χ4n) is 3.34. The molecule has 3 rings (SSSR count). The average molecular weight is 356 g/mol. The number of aliphatic carboxylic acids is 1. The second-order valence-corrected chi connectivity index (χ2v) is 6.36. The van der Waals surface area contributed by atoms with E-state index in [9.17, 15) is 27.6 Å². The van der Waals surface area contributed by atoms with Crippen molar-refractivity contribution in [1.29, 1.82) is 0 Å². The number of urea groups is 1. The molecule has 1 unspecified atom stereocenters. The van der Waals surface area contributed by atoms with Crippen molar-refractivity contribution >= 4 is 17.9 Å². The third-order valence-corrected chi connectivity index (χ3v) is 4.80. The molecule has 0 radical (unpaired) electrons. The van der Waals surface area contributed by atoms with Gasteiger partial charge in [0.15, 0.2) is 0 Å². The molecule has 25 heavy (non-hydrogen) atoms. The van der Waals surface area contributed by atoms with Crippen LogP contribution in [0.5, 0.6) is 0 Å². The summed E-state index contributed by atoms with van der Waals surface area (Å²) in [6.07, 6.45) is -3.81. The molecular weight excluding hydrogens is 341 g/mol. The highest BCUT2D eigenvalue weighted by Crippen LogP contribution is 2.49. The molecule has 134 valence electrons. The lowest BCUT2D eigenvalue weighted by Gasteiger charge is -2.26. The molecule has 1 heterocycles. The molecule has 9 heteroatoms. The van der Waals surface area contributed by atoms with Crippen LogP contribution in [0.25, 0.3) is 0 Å². The van der Waals surface area contributed by atoms with Gasteiger partial charge in [-0.25, -0.2) is 4.79 Å². The van der Waals surface area contributed by atoms with Crippen molar-refractivity contribution in [1.82, 2.24) is 10.6 Å². The van der Waals surface area contributed by atoms with Crippen molar-refractivity contribution in [3.05, 3.63) is 35.4 Å². The minimum absolute atomic E-state index is 0.115. The minimum atomic E-state index is -4.43. The number of alkyl halides is 3. The topological polar surface area (TPSA) is 95.5 Å². The van der Waals surface area contributed by atoms with Crippen molar-refractivity contribution in [2.45, 2.75) is 31.0 Å². The van der Waals surface area contributed by atoms with Gasteiger partial charge in [-0.15, -0.1) is 0 Å². The number of hydrogen-bond donors (Lipinski definition) is 3. The quantitative estimate of drug-likeness (QED) is 0.703. The van der Waals surface area contributed by atoms with E-state index >= 15 is 0 Å². The molecule has 1 aromatic carbocycles. The first-order chi connectivity index (χ1) is 11.6. The third-order valence-electron chi connectivity index (χ3n) is 4.80. The van der Waals surface area contributed by atoms with Gasteiger partial charge in [-0.1, -0.05) is 12.1 Å². The number of halogens is 3. The fourth-order valence-corrected chi connectivity index (χ4v) is 3.34.